The highest BCUT2D eigenvalue weighted by atomic mass is 32.1. The zero-order valence-corrected chi connectivity index (χ0v) is 17.8. The second-order valence-electron chi connectivity index (χ2n) is 7.21. The normalized spacial score (nSPS) is 10.4. The smallest absolute Gasteiger partial charge is 0.257 e. The second kappa shape index (κ2) is 10.4. The Hall–Kier alpha value is -3.38. The summed E-state index contributed by atoms with van der Waals surface area (Å²) in [5, 5.41) is 9.28. The Bertz CT molecular complexity index is 972. The monoisotopic (exact) mass is 419 g/mol. The third kappa shape index (κ3) is 6.60. The van der Waals surface area contributed by atoms with Crippen molar-refractivity contribution in [3.63, 3.8) is 0 Å². The molecule has 6 heteroatoms. The second-order valence-corrected chi connectivity index (χ2v) is 7.61. The lowest BCUT2D eigenvalue weighted by Crippen LogP contribution is -2.34. The number of hydrogen-bond donors (Lipinski definition) is 3. The van der Waals surface area contributed by atoms with E-state index in [1.165, 1.54) is 0 Å². The van der Waals surface area contributed by atoms with E-state index >= 15 is 0 Å². The van der Waals surface area contributed by atoms with Crippen molar-refractivity contribution in [2.75, 3.05) is 17.2 Å². The topological polar surface area (TPSA) is 62.4 Å². The molecule has 3 aromatic rings. The van der Waals surface area contributed by atoms with Crippen molar-refractivity contribution in [3.05, 3.63) is 84.4 Å². The summed E-state index contributed by atoms with van der Waals surface area (Å²) in [6.45, 7) is 4.81. The maximum atomic E-state index is 12.4. The van der Waals surface area contributed by atoms with Crippen LogP contribution in [0, 0.1) is 5.92 Å². The van der Waals surface area contributed by atoms with Gasteiger partial charge in [-0.3, -0.25) is 10.1 Å². The van der Waals surface area contributed by atoms with Gasteiger partial charge in [-0.25, -0.2) is 0 Å². The van der Waals surface area contributed by atoms with Crippen molar-refractivity contribution in [2.24, 2.45) is 5.92 Å². The van der Waals surface area contributed by atoms with Crippen LogP contribution in [-0.2, 0) is 0 Å². The van der Waals surface area contributed by atoms with Gasteiger partial charge in [-0.2, -0.15) is 0 Å². The zero-order valence-electron chi connectivity index (χ0n) is 17.0. The quantitative estimate of drug-likeness (QED) is 0.436. The Morgan fingerprint density at radius 1 is 0.867 bits per heavy atom. The van der Waals surface area contributed by atoms with Gasteiger partial charge < -0.3 is 15.4 Å². The van der Waals surface area contributed by atoms with Crippen LogP contribution in [0.5, 0.6) is 5.75 Å². The molecule has 0 atom stereocenters. The van der Waals surface area contributed by atoms with Crippen LogP contribution in [0.25, 0.3) is 0 Å². The van der Waals surface area contributed by atoms with Crippen molar-refractivity contribution in [1.82, 2.24) is 5.32 Å². The number of anilines is 3. The number of carbonyl (C=O) groups is 1. The molecule has 0 saturated carbocycles. The first-order valence-electron chi connectivity index (χ1n) is 9.77. The molecule has 0 fully saturated rings. The third-order valence-corrected chi connectivity index (χ3v) is 4.34. The summed E-state index contributed by atoms with van der Waals surface area (Å²) in [6, 6.07) is 24.6. The van der Waals surface area contributed by atoms with Crippen molar-refractivity contribution >= 4 is 40.3 Å². The maximum absolute atomic E-state index is 12.4. The van der Waals surface area contributed by atoms with E-state index < -0.39 is 0 Å². The summed E-state index contributed by atoms with van der Waals surface area (Å²) in [5.41, 5.74) is 3.28. The number of carbonyl (C=O) groups excluding carboxylic acids is 1. The molecule has 0 saturated heterocycles. The molecule has 0 aliphatic heterocycles. The summed E-state index contributed by atoms with van der Waals surface area (Å²) in [5.74, 6) is 0.912. The van der Waals surface area contributed by atoms with E-state index in [9.17, 15) is 4.79 Å². The molecule has 3 aromatic carbocycles. The Morgan fingerprint density at radius 3 is 2.10 bits per heavy atom. The molecule has 0 radical (unpaired) electrons. The van der Waals surface area contributed by atoms with Gasteiger partial charge >= 0.3 is 0 Å². The van der Waals surface area contributed by atoms with Crippen LogP contribution in [-0.4, -0.2) is 17.6 Å². The van der Waals surface area contributed by atoms with Crippen LogP contribution in [0.2, 0.25) is 0 Å². The number of amides is 1. The van der Waals surface area contributed by atoms with Gasteiger partial charge in [-0.15, -0.1) is 0 Å². The van der Waals surface area contributed by atoms with E-state index in [-0.39, 0.29) is 11.0 Å². The van der Waals surface area contributed by atoms with Crippen LogP contribution < -0.4 is 20.7 Å². The molecule has 0 aromatic heterocycles. The molecule has 3 N–H and O–H groups in total. The minimum Gasteiger partial charge on any atom is -0.493 e. The Kier molecular flexibility index (Phi) is 7.40. The number of para-hydroxylation sites is 1. The van der Waals surface area contributed by atoms with E-state index in [1.54, 1.807) is 24.3 Å². The first kappa shape index (κ1) is 21.3. The van der Waals surface area contributed by atoms with Crippen LogP contribution in [0.3, 0.4) is 0 Å². The van der Waals surface area contributed by atoms with Gasteiger partial charge in [-0.1, -0.05) is 32.0 Å². The van der Waals surface area contributed by atoms with Gasteiger partial charge in [0.25, 0.3) is 5.91 Å². The molecule has 0 heterocycles. The average Bonchev–Trinajstić information content (AvgIpc) is 2.74. The molecular formula is C24H25N3O2S. The maximum Gasteiger partial charge on any atom is 0.257 e. The number of ether oxygens (including phenoxy) is 1. The molecule has 5 nitrogen and oxygen atoms in total. The molecule has 1 amide bonds. The van der Waals surface area contributed by atoms with Crippen LogP contribution >= 0.6 is 12.2 Å². The summed E-state index contributed by atoms with van der Waals surface area (Å²) in [6.07, 6.45) is 0. The fraction of sp³-hybridized carbons (Fsp3) is 0.167. The fourth-order valence-electron chi connectivity index (χ4n) is 2.63. The number of hydrogen-bond acceptors (Lipinski definition) is 4. The Morgan fingerprint density at radius 2 is 1.47 bits per heavy atom. The summed E-state index contributed by atoms with van der Waals surface area (Å²) in [4.78, 5) is 12.4. The van der Waals surface area contributed by atoms with E-state index in [2.05, 4.69) is 29.8 Å². The van der Waals surface area contributed by atoms with Crippen molar-refractivity contribution in [2.45, 2.75) is 13.8 Å². The Balaban J connectivity index is 1.50. The number of nitrogens with one attached hydrogen (secondary N) is 3. The molecule has 0 aliphatic rings. The molecule has 0 unspecified atom stereocenters. The van der Waals surface area contributed by atoms with Crippen LogP contribution in [0.15, 0.2) is 78.9 Å². The summed E-state index contributed by atoms with van der Waals surface area (Å²) < 4.78 is 5.63. The minimum atomic E-state index is -0.273. The van der Waals surface area contributed by atoms with Gasteiger partial charge in [0.15, 0.2) is 5.11 Å². The lowest BCUT2D eigenvalue weighted by atomic mass is 10.2. The highest BCUT2D eigenvalue weighted by Gasteiger charge is 2.09. The summed E-state index contributed by atoms with van der Waals surface area (Å²) in [7, 11) is 0. The number of thiocarbonyl (C=S) groups is 1. The van der Waals surface area contributed by atoms with Crippen molar-refractivity contribution in [3.8, 4) is 5.75 Å². The standard InChI is InChI=1S/C24H25N3O2S/c1-17(2)16-29-22-14-8-18(9-15-22)23(28)27-24(30)26-21-12-10-20(11-13-21)25-19-6-4-3-5-7-19/h3-15,17,25H,16H2,1-2H3,(H2,26,27,28,30). The zero-order chi connectivity index (χ0) is 21.3. The van der Waals surface area contributed by atoms with Crippen molar-refractivity contribution < 1.29 is 9.53 Å². The Labute approximate surface area is 182 Å². The van der Waals surface area contributed by atoms with Gasteiger partial charge in [0.2, 0.25) is 0 Å². The fourth-order valence-corrected chi connectivity index (χ4v) is 2.84. The molecular weight excluding hydrogens is 394 g/mol. The minimum absolute atomic E-state index is 0.240. The van der Waals surface area contributed by atoms with Crippen molar-refractivity contribution in [1.29, 1.82) is 0 Å². The van der Waals surface area contributed by atoms with E-state index in [4.69, 9.17) is 17.0 Å². The molecule has 0 bridgehead atoms. The molecule has 154 valence electrons. The first-order valence-corrected chi connectivity index (χ1v) is 10.2. The largest absolute Gasteiger partial charge is 0.493 e. The molecule has 0 spiro atoms. The van der Waals surface area contributed by atoms with Gasteiger partial charge in [0, 0.05) is 22.6 Å². The lowest BCUT2D eigenvalue weighted by Gasteiger charge is -2.12. The molecule has 30 heavy (non-hydrogen) atoms. The molecule has 0 aliphatic carbocycles. The number of rotatable bonds is 7. The van der Waals surface area contributed by atoms with E-state index in [0.29, 0.717) is 18.1 Å². The highest BCUT2D eigenvalue weighted by molar-refractivity contribution is 7.80. The van der Waals surface area contributed by atoms with Crippen LogP contribution in [0.4, 0.5) is 17.1 Å². The van der Waals surface area contributed by atoms with Gasteiger partial charge in [-0.05, 0) is 78.8 Å². The first-order chi connectivity index (χ1) is 14.5. The average molecular weight is 420 g/mol. The SMILES string of the molecule is CC(C)COc1ccc(C(=O)NC(=S)Nc2ccc(Nc3ccccc3)cc2)cc1. The van der Waals surface area contributed by atoms with Gasteiger partial charge in [0.1, 0.15) is 5.75 Å². The van der Waals surface area contributed by atoms with Crippen LogP contribution in [0.1, 0.15) is 24.2 Å². The highest BCUT2D eigenvalue weighted by Crippen LogP contribution is 2.18. The van der Waals surface area contributed by atoms with E-state index in [1.807, 2.05) is 54.6 Å². The van der Waals surface area contributed by atoms with Gasteiger partial charge in [0.05, 0.1) is 6.61 Å². The number of benzene rings is 3. The lowest BCUT2D eigenvalue weighted by molar-refractivity contribution is 0.0977. The summed E-state index contributed by atoms with van der Waals surface area (Å²) >= 11 is 5.26. The predicted octanol–water partition coefficient (Wildman–Crippen LogP) is 5.59. The predicted molar refractivity (Wildman–Crippen MR) is 127 cm³/mol. The molecule has 3 rings (SSSR count). The third-order valence-electron chi connectivity index (χ3n) is 4.13. The van der Waals surface area contributed by atoms with E-state index in [0.717, 1.165) is 22.8 Å².